The summed E-state index contributed by atoms with van der Waals surface area (Å²) in [4.78, 5) is 2.35. The Hall–Kier alpha value is -0.160. The molecule has 4 heteroatoms. The minimum absolute atomic E-state index is 0.334. The van der Waals surface area contributed by atoms with Crippen molar-refractivity contribution in [3.63, 3.8) is 0 Å². The third-order valence-electron chi connectivity index (χ3n) is 2.49. The number of likely N-dealkylation sites (tertiary alicyclic amines) is 1. The second kappa shape index (κ2) is 7.17. The minimum Gasteiger partial charge on any atom is -0.396 e. The van der Waals surface area contributed by atoms with Gasteiger partial charge in [-0.25, -0.2) is 0 Å². The predicted octanol–water partition coefficient (Wildman–Crippen LogP) is -0.0364. The lowest BCUT2D eigenvalue weighted by atomic mass is 10.0. The van der Waals surface area contributed by atoms with Crippen molar-refractivity contribution in [1.29, 1.82) is 0 Å². The summed E-state index contributed by atoms with van der Waals surface area (Å²) in [5.74, 6) is 0.518. The van der Waals surface area contributed by atoms with Crippen LogP contribution in [0.1, 0.15) is 6.42 Å². The fourth-order valence-electron chi connectivity index (χ4n) is 1.61. The van der Waals surface area contributed by atoms with E-state index in [0.29, 0.717) is 25.7 Å². The van der Waals surface area contributed by atoms with Gasteiger partial charge in [0.25, 0.3) is 0 Å². The number of rotatable bonds is 8. The van der Waals surface area contributed by atoms with Gasteiger partial charge in [0, 0.05) is 45.9 Å². The molecule has 0 atom stereocenters. The molecule has 1 aliphatic rings. The molecule has 0 amide bonds. The molecule has 4 nitrogen and oxygen atoms in total. The van der Waals surface area contributed by atoms with E-state index < -0.39 is 0 Å². The molecule has 0 saturated carbocycles. The molecule has 0 radical (unpaired) electrons. The first kappa shape index (κ1) is 11.9. The minimum atomic E-state index is 0.334. The second-order valence-electron chi connectivity index (χ2n) is 3.77. The molecule has 0 bridgehead atoms. The van der Waals surface area contributed by atoms with E-state index in [4.69, 9.17) is 14.6 Å². The van der Waals surface area contributed by atoms with Gasteiger partial charge in [0.15, 0.2) is 0 Å². The van der Waals surface area contributed by atoms with Crippen LogP contribution in [0.15, 0.2) is 0 Å². The highest BCUT2D eigenvalue weighted by atomic mass is 16.5. The fourth-order valence-corrected chi connectivity index (χ4v) is 1.61. The Balaban J connectivity index is 1.77. The number of hydrogen-bond donors (Lipinski definition) is 1. The topological polar surface area (TPSA) is 41.9 Å². The van der Waals surface area contributed by atoms with Crippen LogP contribution >= 0.6 is 0 Å². The van der Waals surface area contributed by atoms with Crippen LogP contribution in [0.3, 0.4) is 0 Å². The Morgan fingerprint density at radius 2 is 2.07 bits per heavy atom. The van der Waals surface area contributed by atoms with Crippen molar-refractivity contribution in [3.8, 4) is 0 Å². The van der Waals surface area contributed by atoms with E-state index >= 15 is 0 Å². The Labute approximate surface area is 85.8 Å². The zero-order valence-electron chi connectivity index (χ0n) is 8.95. The van der Waals surface area contributed by atoms with Crippen LogP contribution in [0.2, 0.25) is 0 Å². The van der Waals surface area contributed by atoms with Crippen LogP contribution in [-0.2, 0) is 9.47 Å². The molecule has 1 aliphatic heterocycles. The summed E-state index contributed by atoms with van der Waals surface area (Å²) in [6.45, 7) is 5.70. The normalized spacial score (nSPS) is 18.4. The van der Waals surface area contributed by atoms with Gasteiger partial charge in [0.2, 0.25) is 0 Å². The summed E-state index contributed by atoms with van der Waals surface area (Å²) in [5.41, 5.74) is 0. The van der Waals surface area contributed by atoms with Gasteiger partial charge in [-0.2, -0.15) is 0 Å². The molecule has 1 fully saturated rings. The van der Waals surface area contributed by atoms with Crippen molar-refractivity contribution >= 4 is 0 Å². The van der Waals surface area contributed by atoms with E-state index in [2.05, 4.69) is 4.90 Å². The lowest BCUT2D eigenvalue weighted by Gasteiger charge is -2.38. The Morgan fingerprint density at radius 1 is 1.29 bits per heavy atom. The largest absolute Gasteiger partial charge is 0.396 e. The van der Waals surface area contributed by atoms with Crippen molar-refractivity contribution in [3.05, 3.63) is 0 Å². The Kier molecular flexibility index (Phi) is 6.10. The van der Waals surface area contributed by atoms with Crippen molar-refractivity contribution in [2.75, 3.05) is 53.2 Å². The van der Waals surface area contributed by atoms with Gasteiger partial charge in [0.05, 0.1) is 13.2 Å². The maximum atomic E-state index is 8.81. The van der Waals surface area contributed by atoms with E-state index in [-0.39, 0.29) is 0 Å². The van der Waals surface area contributed by atoms with Gasteiger partial charge in [-0.05, 0) is 6.42 Å². The lowest BCUT2D eigenvalue weighted by Crippen LogP contribution is -2.48. The van der Waals surface area contributed by atoms with Gasteiger partial charge in [0.1, 0.15) is 0 Å². The highest BCUT2D eigenvalue weighted by Gasteiger charge is 2.24. The number of aliphatic hydroxyl groups is 1. The molecule has 1 heterocycles. The molecule has 84 valence electrons. The average molecular weight is 203 g/mol. The molecule has 1 saturated heterocycles. The van der Waals surface area contributed by atoms with Crippen LogP contribution in [0.5, 0.6) is 0 Å². The number of ether oxygens (including phenoxy) is 2. The molecule has 0 aromatic rings. The molecule has 0 spiro atoms. The molecule has 0 aliphatic carbocycles. The van der Waals surface area contributed by atoms with E-state index in [0.717, 1.165) is 32.7 Å². The Morgan fingerprint density at radius 3 is 2.71 bits per heavy atom. The maximum Gasteiger partial charge on any atom is 0.0700 e. The highest BCUT2D eigenvalue weighted by Crippen LogP contribution is 2.14. The lowest BCUT2D eigenvalue weighted by molar-refractivity contribution is 0.0345. The first-order valence-corrected chi connectivity index (χ1v) is 5.26. The first-order chi connectivity index (χ1) is 6.86. The van der Waals surface area contributed by atoms with E-state index in [1.807, 2.05) is 0 Å². The van der Waals surface area contributed by atoms with Crippen LogP contribution in [-0.4, -0.2) is 63.2 Å². The fraction of sp³-hybridized carbons (Fsp3) is 1.00. The molecular weight excluding hydrogens is 182 g/mol. The zero-order chi connectivity index (χ0) is 10.2. The monoisotopic (exact) mass is 203 g/mol. The SMILES string of the molecule is COCCOCCCN1CC(CO)C1. The maximum absolute atomic E-state index is 8.81. The van der Waals surface area contributed by atoms with Crippen molar-refractivity contribution in [2.45, 2.75) is 6.42 Å². The molecule has 0 aromatic heterocycles. The third kappa shape index (κ3) is 4.37. The van der Waals surface area contributed by atoms with Crippen molar-refractivity contribution < 1.29 is 14.6 Å². The van der Waals surface area contributed by atoms with Crippen LogP contribution < -0.4 is 0 Å². The van der Waals surface area contributed by atoms with Crippen molar-refractivity contribution in [2.24, 2.45) is 5.92 Å². The summed E-state index contributed by atoms with van der Waals surface area (Å²) >= 11 is 0. The van der Waals surface area contributed by atoms with Gasteiger partial charge in [-0.3, -0.25) is 0 Å². The highest BCUT2D eigenvalue weighted by molar-refractivity contribution is 4.78. The van der Waals surface area contributed by atoms with Crippen LogP contribution in [0.25, 0.3) is 0 Å². The molecule has 1 N–H and O–H groups in total. The summed E-state index contributed by atoms with van der Waals surface area (Å²) < 4.78 is 10.2. The molecule has 0 aromatic carbocycles. The van der Waals surface area contributed by atoms with Crippen LogP contribution in [0, 0.1) is 5.92 Å². The predicted molar refractivity (Wildman–Crippen MR) is 54.3 cm³/mol. The summed E-state index contributed by atoms with van der Waals surface area (Å²) in [6.07, 6.45) is 1.07. The average Bonchev–Trinajstić information content (AvgIpc) is 2.14. The smallest absolute Gasteiger partial charge is 0.0700 e. The Bertz CT molecular complexity index is 137. The summed E-state index contributed by atoms with van der Waals surface area (Å²) in [5, 5.41) is 8.81. The van der Waals surface area contributed by atoms with Gasteiger partial charge >= 0.3 is 0 Å². The molecule has 1 rings (SSSR count). The molecule has 0 unspecified atom stereocenters. The molecule has 14 heavy (non-hydrogen) atoms. The van der Waals surface area contributed by atoms with Gasteiger partial charge in [-0.1, -0.05) is 0 Å². The summed E-state index contributed by atoms with van der Waals surface area (Å²) in [6, 6.07) is 0. The number of aliphatic hydroxyl groups excluding tert-OH is 1. The van der Waals surface area contributed by atoms with Crippen molar-refractivity contribution in [1.82, 2.24) is 4.90 Å². The third-order valence-corrected chi connectivity index (χ3v) is 2.49. The standard InChI is InChI=1S/C10H21NO3/c1-13-5-6-14-4-2-3-11-7-10(8-11)9-12/h10,12H,2-9H2,1H3. The number of nitrogens with zero attached hydrogens (tertiary/aromatic N) is 1. The van der Waals surface area contributed by atoms with Gasteiger partial charge < -0.3 is 19.5 Å². The van der Waals surface area contributed by atoms with Crippen LogP contribution in [0.4, 0.5) is 0 Å². The number of methoxy groups -OCH3 is 1. The first-order valence-electron chi connectivity index (χ1n) is 5.26. The van der Waals surface area contributed by atoms with E-state index in [9.17, 15) is 0 Å². The second-order valence-corrected chi connectivity index (χ2v) is 3.77. The number of hydrogen-bond acceptors (Lipinski definition) is 4. The summed E-state index contributed by atoms with van der Waals surface area (Å²) in [7, 11) is 1.68. The van der Waals surface area contributed by atoms with Gasteiger partial charge in [-0.15, -0.1) is 0 Å². The van der Waals surface area contributed by atoms with E-state index in [1.165, 1.54) is 0 Å². The zero-order valence-corrected chi connectivity index (χ0v) is 8.95. The van der Waals surface area contributed by atoms with E-state index in [1.54, 1.807) is 7.11 Å². The molecular formula is C10H21NO3. The quantitative estimate of drug-likeness (QED) is 0.562.